The van der Waals surface area contributed by atoms with Gasteiger partial charge in [-0.25, -0.2) is 4.39 Å². The van der Waals surface area contributed by atoms with Gasteiger partial charge in [-0.15, -0.1) is 0 Å². The number of hydrogen-bond acceptors (Lipinski definition) is 3. The maximum absolute atomic E-state index is 14.0. The van der Waals surface area contributed by atoms with Crippen LogP contribution in [0.15, 0.2) is 6.07 Å². The van der Waals surface area contributed by atoms with E-state index in [1.165, 1.54) is 6.07 Å². The fourth-order valence-corrected chi connectivity index (χ4v) is 2.46. The molecule has 1 aromatic carbocycles. The Morgan fingerprint density at radius 2 is 1.68 bits per heavy atom. The van der Waals surface area contributed by atoms with Crippen LogP contribution < -0.4 is 16.8 Å². The zero-order chi connectivity index (χ0) is 14.7. The average molecular weight is 288 g/mol. The van der Waals surface area contributed by atoms with E-state index in [4.69, 9.17) is 23.1 Å². The third-order valence-corrected chi connectivity index (χ3v) is 3.88. The van der Waals surface area contributed by atoms with E-state index in [1.54, 1.807) is 0 Å². The number of rotatable bonds is 5. The van der Waals surface area contributed by atoms with Crippen molar-refractivity contribution in [2.45, 2.75) is 27.7 Å². The van der Waals surface area contributed by atoms with Crippen LogP contribution in [0.3, 0.4) is 0 Å². The Kier molecular flexibility index (Phi) is 5.29. The molecule has 0 atom stereocenters. The summed E-state index contributed by atoms with van der Waals surface area (Å²) < 4.78 is 14.0. The van der Waals surface area contributed by atoms with E-state index in [2.05, 4.69) is 33.0 Å². The molecule has 1 aromatic rings. The van der Waals surface area contributed by atoms with Crippen molar-refractivity contribution in [1.29, 1.82) is 0 Å². The van der Waals surface area contributed by atoms with E-state index >= 15 is 0 Å². The van der Waals surface area contributed by atoms with Gasteiger partial charge in [0.1, 0.15) is 5.02 Å². The number of hydrogen-bond donors (Lipinski definition) is 3. The van der Waals surface area contributed by atoms with Crippen molar-refractivity contribution in [1.82, 2.24) is 0 Å². The number of halogens is 2. The highest BCUT2D eigenvalue weighted by Gasteiger charge is 2.20. The largest absolute Gasteiger partial charge is 0.397 e. The Morgan fingerprint density at radius 1 is 1.16 bits per heavy atom. The molecule has 0 heterocycles. The first-order valence-corrected chi connectivity index (χ1v) is 6.90. The van der Waals surface area contributed by atoms with Crippen molar-refractivity contribution in [3.05, 3.63) is 16.9 Å². The van der Waals surface area contributed by atoms with E-state index in [0.717, 1.165) is 0 Å². The maximum atomic E-state index is 14.0. The predicted molar refractivity (Wildman–Crippen MR) is 81.9 cm³/mol. The summed E-state index contributed by atoms with van der Waals surface area (Å²) in [6, 6.07) is 1.48. The highest BCUT2D eigenvalue weighted by molar-refractivity contribution is 6.33. The quantitative estimate of drug-likeness (QED) is 0.718. The van der Waals surface area contributed by atoms with Crippen LogP contribution in [0.25, 0.3) is 0 Å². The van der Waals surface area contributed by atoms with Gasteiger partial charge < -0.3 is 16.8 Å². The molecule has 5 N–H and O–H groups in total. The molecule has 1 rings (SSSR count). The van der Waals surface area contributed by atoms with Gasteiger partial charge in [0, 0.05) is 6.54 Å². The van der Waals surface area contributed by atoms with Gasteiger partial charge in [-0.1, -0.05) is 39.3 Å². The monoisotopic (exact) mass is 287 g/mol. The lowest BCUT2D eigenvalue weighted by atomic mass is 9.85. The second-order valence-electron chi connectivity index (χ2n) is 5.59. The molecule has 0 saturated carbocycles. The van der Waals surface area contributed by atoms with Crippen molar-refractivity contribution >= 4 is 28.7 Å². The van der Waals surface area contributed by atoms with Crippen molar-refractivity contribution in [2.75, 3.05) is 23.3 Å². The summed E-state index contributed by atoms with van der Waals surface area (Å²) in [6.45, 7) is 9.27. The summed E-state index contributed by atoms with van der Waals surface area (Å²) in [5.74, 6) is 0.850. The normalized spacial score (nSPS) is 11.6. The molecule has 0 aliphatic heterocycles. The van der Waals surface area contributed by atoms with Gasteiger partial charge >= 0.3 is 0 Å². The van der Waals surface area contributed by atoms with Gasteiger partial charge in [0.15, 0.2) is 5.82 Å². The lowest BCUT2D eigenvalue weighted by molar-refractivity contribution is 0.304. The standard InChI is InChI=1S/C14H23ClFN3/c1-7(2)9(8(3)4)6-19-14-11(18)5-10(17)12(15)13(14)16/h5,7-9,19H,6,17-18H2,1-4H3. The molecule has 0 unspecified atom stereocenters. The molecule has 0 saturated heterocycles. The molecular formula is C14H23ClFN3. The molecule has 0 radical (unpaired) electrons. The van der Waals surface area contributed by atoms with Crippen LogP contribution in [0.5, 0.6) is 0 Å². The Labute approximate surface area is 119 Å². The van der Waals surface area contributed by atoms with Gasteiger partial charge in [-0.2, -0.15) is 0 Å². The lowest BCUT2D eigenvalue weighted by Gasteiger charge is -2.26. The second kappa shape index (κ2) is 6.33. The molecule has 3 nitrogen and oxygen atoms in total. The Morgan fingerprint density at radius 3 is 2.16 bits per heavy atom. The number of nitrogens with two attached hydrogens (primary N) is 2. The minimum absolute atomic E-state index is 0.0812. The number of nitrogens with one attached hydrogen (secondary N) is 1. The molecule has 0 bridgehead atoms. The third-order valence-electron chi connectivity index (χ3n) is 3.49. The molecule has 0 spiro atoms. The molecule has 0 aromatic heterocycles. The van der Waals surface area contributed by atoms with Crippen LogP contribution in [-0.2, 0) is 0 Å². The van der Waals surface area contributed by atoms with Crippen LogP contribution in [0.2, 0.25) is 5.02 Å². The summed E-state index contributed by atoms with van der Waals surface area (Å²) >= 11 is 5.80. The molecule has 0 aliphatic rings. The van der Waals surface area contributed by atoms with Crippen LogP contribution in [0.4, 0.5) is 21.5 Å². The van der Waals surface area contributed by atoms with Crippen LogP contribution >= 0.6 is 11.6 Å². The summed E-state index contributed by atoms with van der Waals surface area (Å²) in [4.78, 5) is 0. The Balaban J connectivity index is 2.92. The minimum Gasteiger partial charge on any atom is -0.397 e. The Bertz CT molecular complexity index is 439. The van der Waals surface area contributed by atoms with Crippen LogP contribution in [0.1, 0.15) is 27.7 Å². The molecule has 0 fully saturated rings. The van der Waals surface area contributed by atoms with Crippen molar-refractivity contribution in [3.63, 3.8) is 0 Å². The van der Waals surface area contributed by atoms with Crippen molar-refractivity contribution < 1.29 is 4.39 Å². The predicted octanol–water partition coefficient (Wildman–Crippen LogP) is 3.98. The van der Waals surface area contributed by atoms with E-state index in [9.17, 15) is 4.39 Å². The zero-order valence-corrected chi connectivity index (χ0v) is 12.7. The van der Waals surface area contributed by atoms with Crippen molar-refractivity contribution in [3.8, 4) is 0 Å². The maximum Gasteiger partial charge on any atom is 0.169 e. The Hall–Kier alpha value is -1.16. The SMILES string of the molecule is CC(C)C(CNc1c(N)cc(N)c(Cl)c1F)C(C)C. The summed E-state index contributed by atoms with van der Waals surface area (Å²) in [7, 11) is 0. The molecular weight excluding hydrogens is 265 g/mol. The van der Waals surface area contributed by atoms with E-state index in [0.29, 0.717) is 24.3 Å². The number of nitrogen functional groups attached to an aromatic ring is 2. The fraction of sp³-hybridized carbons (Fsp3) is 0.571. The molecule has 0 amide bonds. The fourth-order valence-electron chi connectivity index (χ4n) is 2.31. The second-order valence-corrected chi connectivity index (χ2v) is 5.97. The molecule has 0 aliphatic carbocycles. The highest BCUT2D eigenvalue weighted by Crippen LogP contribution is 2.34. The van der Waals surface area contributed by atoms with Crippen LogP contribution in [-0.4, -0.2) is 6.54 Å². The molecule has 5 heteroatoms. The van der Waals surface area contributed by atoms with E-state index < -0.39 is 5.82 Å². The first kappa shape index (κ1) is 15.9. The summed E-state index contributed by atoms with van der Waals surface area (Å²) in [5, 5.41) is 2.99. The first-order valence-electron chi connectivity index (χ1n) is 6.52. The van der Waals surface area contributed by atoms with E-state index in [1.807, 2.05) is 0 Å². The number of anilines is 3. The minimum atomic E-state index is -0.578. The highest BCUT2D eigenvalue weighted by atomic mass is 35.5. The van der Waals surface area contributed by atoms with Gasteiger partial charge in [0.2, 0.25) is 0 Å². The lowest BCUT2D eigenvalue weighted by Crippen LogP contribution is -2.25. The third kappa shape index (κ3) is 3.66. The topological polar surface area (TPSA) is 64.1 Å². The number of benzene rings is 1. The molecule has 108 valence electrons. The van der Waals surface area contributed by atoms with Gasteiger partial charge in [0.25, 0.3) is 0 Å². The van der Waals surface area contributed by atoms with Crippen molar-refractivity contribution in [2.24, 2.45) is 17.8 Å². The van der Waals surface area contributed by atoms with E-state index in [-0.39, 0.29) is 22.1 Å². The summed E-state index contributed by atoms with van der Waals surface area (Å²) in [5.41, 5.74) is 12.0. The average Bonchev–Trinajstić information content (AvgIpc) is 2.29. The zero-order valence-electron chi connectivity index (χ0n) is 11.9. The van der Waals surface area contributed by atoms with Crippen LogP contribution in [0, 0.1) is 23.6 Å². The molecule has 19 heavy (non-hydrogen) atoms. The van der Waals surface area contributed by atoms with Gasteiger partial charge in [-0.05, 0) is 23.8 Å². The van der Waals surface area contributed by atoms with Gasteiger partial charge in [-0.3, -0.25) is 0 Å². The smallest absolute Gasteiger partial charge is 0.169 e. The van der Waals surface area contributed by atoms with Gasteiger partial charge in [0.05, 0.1) is 17.1 Å². The first-order chi connectivity index (χ1) is 8.75. The summed E-state index contributed by atoms with van der Waals surface area (Å²) in [6.07, 6.45) is 0.